The molecular weight excluding hydrogens is 278 g/mol. The molecule has 3 aromatic rings. The molecule has 2 aromatic heterocycles. The lowest BCUT2D eigenvalue weighted by Crippen LogP contribution is -2.17. The minimum Gasteiger partial charge on any atom is -0.508 e. The fourth-order valence-electron chi connectivity index (χ4n) is 2.35. The van der Waals surface area contributed by atoms with Crippen LogP contribution in [0.15, 0.2) is 61.6 Å². The summed E-state index contributed by atoms with van der Waals surface area (Å²) in [5.74, 6) is 1.33. The third-order valence-electron chi connectivity index (χ3n) is 3.42. The normalized spacial score (nSPS) is 11.8. The number of phenolic OH excluding ortho intramolecular Hbond substituents is 1. The maximum Gasteiger partial charge on any atom is 0.257 e. The monoisotopic (exact) mass is 293 g/mol. The van der Waals surface area contributed by atoms with Crippen LogP contribution < -0.4 is 4.90 Å². The van der Waals surface area contributed by atoms with Gasteiger partial charge in [0.05, 0.1) is 5.52 Å². The molecule has 0 aliphatic heterocycles. The summed E-state index contributed by atoms with van der Waals surface area (Å²) < 4.78 is 1.73. The van der Waals surface area contributed by atoms with Crippen molar-refractivity contribution in [1.82, 2.24) is 19.6 Å². The lowest BCUT2D eigenvalue weighted by molar-refractivity contribution is 0.476. The summed E-state index contributed by atoms with van der Waals surface area (Å²) in [5.41, 5.74) is 1.62. The van der Waals surface area contributed by atoms with Gasteiger partial charge in [-0.1, -0.05) is 19.2 Å². The molecule has 0 radical (unpaired) electrons. The Morgan fingerprint density at radius 1 is 1.36 bits per heavy atom. The molecule has 6 heteroatoms. The smallest absolute Gasteiger partial charge is 0.257 e. The van der Waals surface area contributed by atoms with Crippen molar-refractivity contribution in [3.8, 4) is 5.75 Å². The van der Waals surface area contributed by atoms with Gasteiger partial charge in [-0.3, -0.25) is 4.40 Å². The predicted molar refractivity (Wildman–Crippen MR) is 86.8 cm³/mol. The minimum absolute atomic E-state index is 0.174. The van der Waals surface area contributed by atoms with Crippen LogP contribution in [0.4, 0.5) is 5.82 Å². The van der Waals surface area contributed by atoms with Crippen molar-refractivity contribution in [2.75, 3.05) is 11.9 Å². The molecule has 2 heterocycles. The second-order valence-electron chi connectivity index (χ2n) is 4.73. The van der Waals surface area contributed by atoms with Gasteiger partial charge in [0.15, 0.2) is 0 Å². The second-order valence-corrected chi connectivity index (χ2v) is 4.73. The molecule has 0 bridgehead atoms. The summed E-state index contributed by atoms with van der Waals surface area (Å²) in [5, 5.41) is 18.5. The van der Waals surface area contributed by atoms with Crippen LogP contribution in [0, 0.1) is 0 Å². The second kappa shape index (κ2) is 5.33. The lowest BCUT2D eigenvalue weighted by Gasteiger charge is -2.21. The highest BCUT2D eigenvalue weighted by Gasteiger charge is 2.14. The average Bonchev–Trinajstić information content (AvgIpc) is 2.99. The highest BCUT2D eigenvalue weighted by molar-refractivity contribution is 5.93. The number of anilines is 1. The quantitative estimate of drug-likeness (QED) is 0.749. The zero-order chi connectivity index (χ0) is 15.7. The summed E-state index contributed by atoms with van der Waals surface area (Å²) >= 11 is 0. The van der Waals surface area contributed by atoms with Crippen molar-refractivity contribution in [2.24, 2.45) is 0 Å². The average molecular weight is 293 g/mol. The number of rotatable bonds is 4. The molecule has 0 aliphatic carbocycles. The molecule has 0 amide bonds. The number of allylic oxidation sites excluding steroid dienone is 3. The van der Waals surface area contributed by atoms with Crippen LogP contribution >= 0.6 is 0 Å². The Morgan fingerprint density at radius 2 is 2.18 bits per heavy atom. The Morgan fingerprint density at radius 3 is 2.91 bits per heavy atom. The third kappa shape index (κ3) is 2.10. The highest BCUT2D eigenvalue weighted by atomic mass is 16.3. The number of hydrogen-bond acceptors (Lipinski definition) is 5. The van der Waals surface area contributed by atoms with E-state index in [9.17, 15) is 5.11 Å². The summed E-state index contributed by atoms with van der Waals surface area (Å²) in [6, 6.07) is 5.11. The van der Waals surface area contributed by atoms with E-state index in [1.165, 1.54) is 0 Å². The van der Waals surface area contributed by atoms with Gasteiger partial charge in [0, 0.05) is 24.2 Å². The molecule has 22 heavy (non-hydrogen) atoms. The van der Waals surface area contributed by atoms with Crippen molar-refractivity contribution in [1.29, 1.82) is 0 Å². The van der Waals surface area contributed by atoms with E-state index in [1.54, 1.807) is 35.0 Å². The van der Waals surface area contributed by atoms with Crippen molar-refractivity contribution in [3.05, 3.63) is 61.6 Å². The molecule has 0 saturated carbocycles. The van der Waals surface area contributed by atoms with Gasteiger partial charge in [0.25, 0.3) is 5.78 Å². The molecule has 0 aliphatic rings. The first kappa shape index (κ1) is 13.8. The van der Waals surface area contributed by atoms with E-state index in [-0.39, 0.29) is 5.75 Å². The first-order chi connectivity index (χ1) is 10.7. The number of hydrogen-bond donors (Lipinski definition) is 1. The standard InChI is InChI=1S/C16H15N5O/c1-4-6-11(5-2)20(3)15-13-8-7-12(22)9-14(13)21-10-17-19-16(21)18-15/h4-10,22H,1-2H2,3H3/b11-6+. The molecule has 0 saturated heterocycles. The van der Waals surface area contributed by atoms with Gasteiger partial charge >= 0.3 is 0 Å². The maximum atomic E-state index is 9.77. The molecule has 0 atom stereocenters. The SMILES string of the molecule is C=C/C=C(\C=C)N(C)c1nc2nncn2c2cc(O)ccc12. The third-order valence-corrected chi connectivity index (χ3v) is 3.42. The van der Waals surface area contributed by atoms with Gasteiger partial charge in [-0.25, -0.2) is 0 Å². The number of phenols is 1. The van der Waals surface area contributed by atoms with E-state index < -0.39 is 0 Å². The van der Waals surface area contributed by atoms with Crippen LogP contribution in [0.25, 0.3) is 16.7 Å². The zero-order valence-electron chi connectivity index (χ0n) is 12.1. The molecule has 1 N–H and O–H groups in total. The van der Waals surface area contributed by atoms with Gasteiger partial charge < -0.3 is 10.0 Å². The van der Waals surface area contributed by atoms with E-state index in [2.05, 4.69) is 28.3 Å². The maximum absolute atomic E-state index is 9.77. The number of aromatic hydroxyl groups is 1. The Kier molecular flexibility index (Phi) is 3.34. The van der Waals surface area contributed by atoms with Crippen LogP contribution in [-0.2, 0) is 0 Å². The Hall–Kier alpha value is -3.15. The molecule has 6 nitrogen and oxygen atoms in total. The van der Waals surface area contributed by atoms with E-state index in [0.717, 1.165) is 16.6 Å². The largest absolute Gasteiger partial charge is 0.508 e. The highest BCUT2D eigenvalue weighted by Crippen LogP contribution is 2.29. The Labute approximate surface area is 127 Å². The van der Waals surface area contributed by atoms with Crippen molar-refractivity contribution in [3.63, 3.8) is 0 Å². The predicted octanol–water partition coefficient (Wildman–Crippen LogP) is 2.68. The van der Waals surface area contributed by atoms with Gasteiger partial charge in [-0.05, 0) is 24.3 Å². The summed E-state index contributed by atoms with van der Waals surface area (Å²) in [7, 11) is 1.89. The van der Waals surface area contributed by atoms with Crippen LogP contribution in [0.1, 0.15) is 0 Å². The van der Waals surface area contributed by atoms with Crippen molar-refractivity contribution in [2.45, 2.75) is 0 Å². The topological polar surface area (TPSA) is 66.6 Å². The molecule has 1 aromatic carbocycles. The molecule has 0 spiro atoms. The Bertz CT molecular complexity index is 909. The van der Waals surface area contributed by atoms with Crippen LogP contribution in [0.2, 0.25) is 0 Å². The number of nitrogens with zero attached hydrogens (tertiary/aromatic N) is 5. The Balaban J connectivity index is 2.34. The molecular formula is C16H15N5O. The van der Waals surface area contributed by atoms with Gasteiger partial charge in [-0.2, -0.15) is 4.98 Å². The van der Waals surface area contributed by atoms with E-state index >= 15 is 0 Å². The molecule has 0 fully saturated rings. The number of aromatic nitrogens is 4. The van der Waals surface area contributed by atoms with Crippen molar-refractivity contribution < 1.29 is 5.11 Å². The van der Waals surface area contributed by atoms with Gasteiger partial charge in [-0.15, -0.1) is 10.2 Å². The molecule has 3 rings (SSSR count). The summed E-state index contributed by atoms with van der Waals surface area (Å²) in [4.78, 5) is 6.45. The van der Waals surface area contributed by atoms with Crippen molar-refractivity contribution >= 4 is 22.5 Å². The number of fused-ring (bicyclic) bond motifs is 3. The van der Waals surface area contributed by atoms with Gasteiger partial charge in [0.1, 0.15) is 17.9 Å². The summed E-state index contributed by atoms with van der Waals surface area (Å²) in [6.07, 6.45) is 6.83. The minimum atomic E-state index is 0.174. The number of likely N-dealkylation sites (N-methyl/N-ethyl adjacent to an activating group) is 1. The number of benzene rings is 1. The van der Waals surface area contributed by atoms with Crippen LogP contribution in [0.5, 0.6) is 5.75 Å². The molecule has 0 unspecified atom stereocenters. The van der Waals surface area contributed by atoms with E-state index in [1.807, 2.05) is 24.1 Å². The van der Waals surface area contributed by atoms with Crippen LogP contribution in [-0.4, -0.2) is 31.7 Å². The first-order valence-electron chi connectivity index (χ1n) is 6.67. The van der Waals surface area contributed by atoms with Gasteiger partial charge in [0.2, 0.25) is 0 Å². The first-order valence-corrected chi connectivity index (χ1v) is 6.67. The van der Waals surface area contributed by atoms with E-state index in [4.69, 9.17) is 0 Å². The zero-order valence-corrected chi connectivity index (χ0v) is 12.1. The fourth-order valence-corrected chi connectivity index (χ4v) is 2.35. The van der Waals surface area contributed by atoms with Crippen LogP contribution in [0.3, 0.4) is 0 Å². The summed E-state index contributed by atoms with van der Waals surface area (Å²) in [6.45, 7) is 7.52. The fraction of sp³-hybridized carbons (Fsp3) is 0.0625. The molecule has 110 valence electrons. The van der Waals surface area contributed by atoms with E-state index in [0.29, 0.717) is 11.6 Å². The lowest BCUT2D eigenvalue weighted by atomic mass is 10.2.